The summed E-state index contributed by atoms with van der Waals surface area (Å²) >= 11 is 0. The normalized spacial score (nSPS) is 13.0. The third kappa shape index (κ3) is 2.52. The van der Waals surface area contributed by atoms with Crippen molar-refractivity contribution in [3.63, 3.8) is 0 Å². The number of nitrogens with two attached hydrogens (primary N) is 2. The van der Waals surface area contributed by atoms with Crippen molar-refractivity contribution in [2.75, 3.05) is 13.2 Å². The summed E-state index contributed by atoms with van der Waals surface area (Å²) in [6, 6.07) is 11.3. The number of aromatic nitrogens is 2. The van der Waals surface area contributed by atoms with Crippen molar-refractivity contribution in [1.82, 2.24) is 9.97 Å². The molecule has 1 aromatic heterocycles. The quantitative estimate of drug-likeness (QED) is 0.494. The number of nitrogens with one attached hydrogen (secondary N) is 1. The second kappa shape index (κ2) is 5.20. The van der Waals surface area contributed by atoms with Crippen LogP contribution in [0.4, 0.5) is 5.69 Å². The van der Waals surface area contributed by atoms with E-state index in [1.54, 1.807) is 0 Å². The highest BCUT2D eigenvalue weighted by Gasteiger charge is 2.14. The van der Waals surface area contributed by atoms with Crippen LogP contribution in [0.2, 0.25) is 0 Å². The molecule has 0 radical (unpaired) electrons. The molecule has 1 aliphatic heterocycles. The van der Waals surface area contributed by atoms with Crippen LogP contribution >= 0.6 is 0 Å². The van der Waals surface area contributed by atoms with Crippen LogP contribution in [-0.2, 0) is 0 Å². The molecule has 0 bridgehead atoms. The van der Waals surface area contributed by atoms with Gasteiger partial charge in [0.1, 0.15) is 19.0 Å². The third-order valence-electron chi connectivity index (χ3n) is 3.54. The van der Waals surface area contributed by atoms with E-state index in [9.17, 15) is 0 Å². The van der Waals surface area contributed by atoms with Gasteiger partial charge in [-0.3, -0.25) is 0 Å². The van der Waals surface area contributed by atoms with E-state index in [-0.39, 0.29) is 5.96 Å². The van der Waals surface area contributed by atoms with Crippen LogP contribution in [0.1, 0.15) is 0 Å². The van der Waals surface area contributed by atoms with Crippen LogP contribution in [0.3, 0.4) is 0 Å². The molecule has 0 aliphatic carbocycles. The molecule has 0 saturated heterocycles. The molecule has 0 atom stereocenters. The van der Waals surface area contributed by atoms with Gasteiger partial charge in [0.25, 0.3) is 0 Å². The molecule has 116 valence electrons. The van der Waals surface area contributed by atoms with Gasteiger partial charge in [0.15, 0.2) is 17.5 Å². The lowest BCUT2D eigenvalue weighted by atomic mass is 10.2. The fourth-order valence-corrected chi connectivity index (χ4v) is 2.54. The Hall–Kier alpha value is -3.22. The lowest BCUT2D eigenvalue weighted by molar-refractivity contribution is 0.171. The topological polar surface area (TPSA) is 112 Å². The maximum atomic E-state index is 5.61. The van der Waals surface area contributed by atoms with E-state index in [1.165, 1.54) is 0 Å². The Morgan fingerprint density at radius 3 is 2.70 bits per heavy atom. The average molecular weight is 309 g/mol. The minimum absolute atomic E-state index is 0.0240. The van der Waals surface area contributed by atoms with Crippen LogP contribution in [0, 0.1) is 0 Å². The molecule has 0 spiro atoms. The fourth-order valence-electron chi connectivity index (χ4n) is 2.54. The minimum Gasteiger partial charge on any atom is -0.486 e. The van der Waals surface area contributed by atoms with Crippen molar-refractivity contribution < 1.29 is 9.47 Å². The number of H-pyrrole nitrogens is 1. The first-order valence-corrected chi connectivity index (χ1v) is 7.18. The molecule has 0 amide bonds. The highest BCUT2D eigenvalue weighted by atomic mass is 16.6. The van der Waals surface area contributed by atoms with Crippen molar-refractivity contribution in [2.24, 2.45) is 16.5 Å². The molecule has 1 aliphatic rings. The molecule has 7 nitrogen and oxygen atoms in total. The first-order valence-electron chi connectivity index (χ1n) is 7.18. The van der Waals surface area contributed by atoms with Crippen molar-refractivity contribution in [3.8, 4) is 22.9 Å². The predicted octanol–water partition coefficient (Wildman–Crippen LogP) is 1.91. The summed E-state index contributed by atoms with van der Waals surface area (Å²) in [5.74, 6) is 2.26. The van der Waals surface area contributed by atoms with Gasteiger partial charge in [0.2, 0.25) is 0 Å². The zero-order valence-electron chi connectivity index (χ0n) is 12.2. The van der Waals surface area contributed by atoms with Gasteiger partial charge in [-0.1, -0.05) is 0 Å². The monoisotopic (exact) mass is 309 g/mol. The second-order valence-corrected chi connectivity index (χ2v) is 5.18. The number of hydrogen-bond acceptors (Lipinski definition) is 4. The summed E-state index contributed by atoms with van der Waals surface area (Å²) in [6.07, 6.45) is 0. The molecule has 2 heterocycles. The Labute approximate surface area is 131 Å². The summed E-state index contributed by atoms with van der Waals surface area (Å²) in [5.41, 5.74) is 14.1. The summed E-state index contributed by atoms with van der Waals surface area (Å²) in [5, 5.41) is 0. The molecule has 0 unspecified atom stereocenters. The van der Waals surface area contributed by atoms with E-state index < -0.39 is 0 Å². The summed E-state index contributed by atoms with van der Waals surface area (Å²) in [4.78, 5) is 11.9. The van der Waals surface area contributed by atoms with Crippen LogP contribution < -0.4 is 20.9 Å². The van der Waals surface area contributed by atoms with E-state index in [2.05, 4.69) is 15.0 Å². The zero-order valence-corrected chi connectivity index (χ0v) is 12.2. The molecule has 2 aromatic carbocycles. The Balaban J connectivity index is 1.75. The summed E-state index contributed by atoms with van der Waals surface area (Å²) in [6.45, 7) is 1.13. The largest absolute Gasteiger partial charge is 0.486 e. The number of aliphatic imine (C=N–C) groups is 1. The van der Waals surface area contributed by atoms with Gasteiger partial charge in [0.05, 0.1) is 16.7 Å². The van der Waals surface area contributed by atoms with Crippen molar-refractivity contribution in [1.29, 1.82) is 0 Å². The number of ether oxygens (including phenoxy) is 2. The number of nitrogens with zero attached hydrogens (tertiary/aromatic N) is 2. The minimum atomic E-state index is 0.0240. The number of fused-ring (bicyclic) bond motifs is 2. The zero-order chi connectivity index (χ0) is 15.8. The van der Waals surface area contributed by atoms with Gasteiger partial charge in [0, 0.05) is 5.56 Å². The molecule has 5 N–H and O–H groups in total. The van der Waals surface area contributed by atoms with Gasteiger partial charge in [-0.05, 0) is 36.4 Å². The first-order chi connectivity index (χ1) is 11.2. The van der Waals surface area contributed by atoms with Crippen LogP contribution in [0.5, 0.6) is 11.5 Å². The summed E-state index contributed by atoms with van der Waals surface area (Å²) < 4.78 is 11.1. The van der Waals surface area contributed by atoms with Crippen molar-refractivity contribution in [3.05, 3.63) is 36.4 Å². The van der Waals surface area contributed by atoms with Gasteiger partial charge >= 0.3 is 0 Å². The number of rotatable bonds is 2. The van der Waals surface area contributed by atoms with E-state index in [0.29, 0.717) is 18.9 Å². The Kier molecular flexibility index (Phi) is 3.04. The predicted molar refractivity (Wildman–Crippen MR) is 88.0 cm³/mol. The fraction of sp³-hybridized carbons (Fsp3) is 0.125. The Morgan fingerprint density at radius 2 is 1.87 bits per heavy atom. The maximum absolute atomic E-state index is 5.61. The van der Waals surface area contributed by atoms with Gasteiger partial charge < -0.3 is 25.9 Å². The van der Waals surface area contributed by atoms with E-state index in [4.69, 9.17) is 20.9 Å². The first kappa shape index (κ1) is 13.4. The smallest absolute Gasteiger partial charge is 0.191 e. The molecule has 0 saturated carbocycles. The number of guanidine groups is 1. The molecular formula is C16H15N5O2. The molecule has 23 heavy (non-hydrogen) atoms. The molecule has 4 rings (SSSR count). The maximum Gasteiger partial charge on any atom is 0.191 e. The highest BCUT2D eigenvalue weighted by molar-refractivity contribution is 5.85. The van der Waals surface area contributed by atoms with E-state index in [1.807, 2.05) is 36.4 Å². The van der Waals surface area contributed by atoms with Gasteiger partial charge in [-0.25, -0.2) is 9.98 Å². The third-order valence-corrected chi connectivity index (χ3v) is 3.54. The molecular weight excluding hydrogens is 294 g/mol. The van der Waals surface area contributed by atoms with E-state index >= 15 is 0 Å². The van der Waals surface area contributed by atoms with Crippen molar-refractivity contribution in [2.45, 2.75) is 0 Å². The second-order valence-electron chi connectivity index (χ2n) is 5.18. The molecule has 0 fully saturated rings. The Bertz CT molecular complexity index is 912. The molecule has 3 aromatic rings. The lowest BCUT2D eigenvalue weighted by Crippen LogP contribution is -2.21. The van der Waals surface area contributed by atoms with Gasteiger partial charge in [-0.15, -0.1) is 0 Å². The highest BCUT2D eigenvalue weighted by Crippen LogP contribution is 2.34. The standard InChI is InChI=1S/C16H15N5O2/c17-16(18)19-10-2-3-11-12(8-10)21-15(20-11)9-1-4-13-14(7-9)23-6-5-22-13/h1-4,7-8H,5-6H2,(H,20,21)(H4,17,18,19). The van der Waals surface area contributed by atoms with Crippen LogP contribution in [-0.4, -0.2) is 29.1 Å². The number of hydrogen-bond donors (Lipinski definition) is 3. The number of benzene rings is 2. The van der Waals surface area contributed by atoms with E-state index in [0.717, 1.165) is 33.9 Å². The lowest BCUT2D eigenvalue weighted by Gasteiger charge is -2.18. The number of imidazole rings is 1. The Morgan fingerprint density at radius 1 is 1.04 bits per heavy atom. The summed E-state index contributed by atoms with van der Waals surface area (Å²) in [7, 11) is 0. The molecule has 7 heteroatoms. The SMILES string of the molecule is NC(N)=Nc1ccc2nc(-c3ccc4c(c3)OCCO4)[nH]c2c1. The van der Waals surface area contributed by atoms with Crippen LogP contribution in [0.15, 0.2) is 41.4 Å². The van der Waals surface area contributed by atoms with Crippen LogP contribution in [0.25, 0.3) is 22.4 Å². The number of aromatic amines is 1. The van der Waals surface area contributed by atoms with Gasteiger partial charge in [-0.2, -0.15) is 0 Å². The van der Waals surface area contributed by atoms with Crippen molar-refractivity contribution >= 4 is 22.7 Å². The average Bonchev–Trinajstić information content (AvgIpc) is 2.97.